The molecule has 0 radical (unpaired) electrons. The number of aromatic nitrogens is 1. The van der Waals surface area contributed by atoms with Gasteiger partial charge in [0.25, 0.3) is 0 Å². The zero-order chi connectivity index (χ0) is 9.52. The van der Waals surface area contributed by atoms with Gasteiger partial charge in [-0.2, -0.15) is 0 Å². The molecular weight excluding hydrogens is 186 g/mol. The van der Waals surface area contributed by atoms with Gasteiger partial charge in [0.1, 0.15) is 5.15 Å². The number of nitrogens with zero attached hydrogens (tertiary/aromatic N) is 1. The maximum Gasteiger partial charge on any atom is 0.129 e. The molecule has 0 unspecified atom stereocenters. The van der Waals surface area contributed by atoms with Crippen LogP contribution in [-0.2, 0) is 11.3 Å². The highest BCUT2D eigenvalue weighted by atomic mass is 35.5. The molecule has 0 bridgehead atoms. The minimum Gasteiger partial charge on any atom is -0.371 e. The lowest BCUT2D eigenvalue weighted by Crippen LogP contribution is -1.95. The molecule has 0 aliphatic rings. The van der Waals surface area contributed by atoms with E-state index in [1.165, 1.54) is 0 Å². The first-order valence-electron chi connectivity index (χ1n) is 4.13. The molecular formula is C10H12ClNO. The van der Waals surface area contributed by atoms with Gasteiger partial charge in [-0.1, -0.05) is 29.8 Å². The van der Waals surface area contributed by atoms with Crippen molar-refractivity contribution in [2.24, 2.45) is 0 Å². The van der Waals surface area contributed by atoms with E-state index in [1.54, 1.807) is 6.07 Å². The number of hydrogen-bond acceptors (Lipinski definition) is 2. The van der Waals surface area contributed by atoms with Crippen molar-refractivity contribution in [2.45, 2.75) is 13.5 Å². The summed E-state index contributed by atoms with van der Waals surface area (Å²) in [5.74, 6) is 0. The summed E-state index contributed by atoms with van der Waals surface area (Å²) in [5.41, 5.74) is 0.858. The smallest absolute Gasteiger partial charge is 0.129 e. The van der Waals surface area contributed by atoms with Crippen LogP contribution in [-0.4, -0.2) is 11.6 Å². The van der Waals surface area contributed by atoms with Gasteiger partial charge in [-0.05, 0) is 19.1 Å². The van der Waals surface area contributed by atoms with Crippen LogP contribution in [0.5, 0.6) is 0 Å². The van der Waals surface area contributed by atoms with Crippen molar-refractivity contribution < 1.29 is 4.74 Å². The van der Waals surface area contributed by atoms with Gasteiger partial charge in [-0.25, -0.2) is 4.98 Å². The number of rotatable bonds is 4. The Balaban J connectivity index is 2.36. The van der Waals surface area contributed by atoms with E-state index in [-0.39, 0.29) is 0 Å². The van der Waals surface area contributed by atoms with E-state index in [9.17, 15) is 0 Å². The summed E-state index contributed by atoms with van der Waals surface area (Å²) < 4.78 is 5.31. The van der Waals surface area contributed by atoms with Crippen LogP contribution < -0.4 is 0 Å². The zero-order valence-corrected chi connectivity index (χ0v) is 8.29. The Bertz CT molecular complexity index is 286. The Hall–Kier alpha value is -0.860. The molecule has 0 amide bonds. The second-order valence-corrected chi connectivity index (χ2v) is 2.92. The summed E-state index contributed by atoms with van der Waals surface area (Å²) in [5, 5.41) is 0.507. The average molecular weight is 198 g/mol. The molecule has 0 saturated heterocycles. The first-order valence-corrected chi connectivity index (χ1v) is 4.51. The summed E-state index contributed by atoms with van der Waals surface area (Å²) in [6.07, 6.45) is 3.90. The molecule has 1 aromatic heterocycles. The molecule has 70 valence electrons. The van der Waals surface area contributed by atoms with Crippen LogP contribution in [0.1, 0.15) is 12.6 Å². The number of allylic oxidation sites excluding steroid dienone is 1. The molecule has 13 heavy (non-hydrogen) atoms. The highest BCUT2D eigenvalue weighted by Gasteiger charge is 1.94. The van der Waals surface area contributed by atoms with Crippen molar-refractivity contribution in [3.8, 4) is 0 Å². The van der Waals surface area contributed by atoms with E-state index in [4.69, 9.17) is 16.3 Å². The standard InChI is InChI=1S/C10H12ClNO/c1-2-3-7-13-8-9-5-4-6-10(11)12-9/h2-6H,7-8H2,1H3. The molecule has 1 rings (SSSR count). The van der Waals surface area contributed by atoms with Crippen molar-refractivity contribution in [3.05, 3.63) is 41.2 Å². The normalized spacial score (nSPS) is 10.9. The molecule has 1 heterocycles. The van der Waals surface area contributed by atoms with Crippen molar-refractivity contribution in [1.29, 1.82) is 0 Å². The van der Waals surface area contributed by atoms with E-state index in [0.29, 0.717) is 18.4 Å². The Morgan fingerprint density at radius 1 is 1.54 bits per heavy atom. The summed E-state index contributed by atoms with van der Waals surface area (Å²) in [6.45, 7) is 3.08. The number of pyridine rings is 1. The fraction of sp³-hybridized carbons (Fsp3) is 0.300. The lowest BCUT2D eigenvalue weighted by molar-refractivity contribution is 0.145. The number of hydrogen-bond donors (Lipinski definition) is 0. The van der Waals surface area contributed by atoms with Crippen LogP contribution in [0.2, 0.25) is 5.15 Å². The topological polar surface area (TPSA) is 22.1 Å². The quantitative estimate of drug-likeness (QED) is 0.421. The molecule has 3 heteroatoms. The number of ether oxygens (including phenoxy) is 1. The molecule has 0 aromatic carbocycles. The van der Waals surface area contributed by atoms with Crippen LogP contribution in [0.25, 0.3) is 0 Å². The van der Waals surface area contributed by atoms with Crippen LogP contribution in [0.15, 0.2) is 30.4 Å². The summed E-state index contributed by atoms with van der Waals surface area (Å²) >= 11 is 5.70. The van der Waals surface area contributed by atoms with E-state index < -0.39 is 0 Å². The first kappa shape index (κ1) is 10.2. The SMILES string of the molecule is CC=CCOCc1cccc(Cl)n1. The summed E-state index contributed by atoms with van der Waals surface area (Å²) in [7, 11) is 0. The molecule has 1 aromatic rings. The van der Waals surface area contributed by atoms with Gasteiger partial charge in [-0.15, -0.1) is 0 Å². The maximum atomic E-state index is 5.70. The molecule has 0 N–H and O–H groups in total. The van der Waals surface area contributed by atoms with Gasteiger partial charge < -0.3 is 4.74 Å². The fourth-order valence-corrected chi connectivity index (χ4v) is 1.04. The van der Waals surface area contributed by atoms with Gasteiger partial charge in [0.05, 0.1) is 18.9 Å². The van der Waals surface area contributed by atoms with Gasteiger partial charge >= 0.3 is 0 Å². The molecule has 0 atom stereocenters. The lowest BCUT2D eigenvalue weighted by Gasteiger charge is -2.00. The van der Waals surface area contributed by atoms with Gasteiger partial charge in [0.15, 0.2) is 0 Å². The Morgan fingerprint density at radius 2 is 2.38 bits per heavy atom. The molecule has 0 fully saturated rings. The monoisotopic (exact) mass is 197 g/mol. The van der Waals surface area contributed by atoms with Gasteiger partial charge in [-0.3, -0.25) is 0 Å². The van der Waals surface area contributed by atoms with Crippen molar-refractivity contribution in [3.63, 3.8) is 0 Å². The van der Waals surface area contributed by atoms with Crippen LogP contribution in [0, 0.1) is 0 Å². The lowest BCUT2D eigenvalue weighted by atomic mass is 10.4. The van der Waals surface area contributed by atoms with Crippen molar-refractivity contribution in [2.75, 3.05) is 6.61 Å². The summed E-state index contributed by atoms with van der Waals surface area (Å²) in [6, 6.07) is 5.50. The highest BCUT2D eigenvalue weighted by Crippen LogP contribution is 2.05. The van der Waals surface area contributed by atoms with Gasteiger partial charge in [0.2, 0.25) is 0 Å². The third-order valence-corrected chi connectivity index (χ3v) is 1.68. The number of halogens is 1. The van der Waals surface area contributed by atoms with Gasteiger partial charge in [0, 0.05) is 0 Å². The third kappa shape index (κ3) is 4.06. The molecule has 0 aliphatic carbocycles. The van der Waals surface area contributed by atoms with E-state index in [2.05, 4.69) is 4.98 Å². The molecule has 0 spiro atoms. The van der Waals surface area contributed by atoms with E-state index >= 15 is 0 Å². The average Bonchev–Trinajstić information content (AvgIpc) is 2.13. The second kappa shape index (κ2) is 5.73. The molecule has 0 aliphatic heterocycles. The Kier molecular flexibility index (Phi) is 4.50. The van der Waals surface area contributed by atoms with Crippen molar-refractivity contribution >= 4 is 11.6 Å². The van der Waals surface area contributed by atoms with Crippen molar-refractivity contribution in [1.82, 2.24) is 4.98 Å². The maximum absolute atomic E-state index is 5.70. The molecule has 0 saturated carbocycles. The highest BCUT2D eigenvalue weighted by molar-refractivity contribution is 6.29. The Morgan fingerprint density at radius 3 is 3.08 bits per heavy atom. The predicted octanol–water partition coefficient (Wildman–Crippen LogP) is 2.83. The molecule has 2 nitrogen and oxygen atoms in total. The Labute approximate surface area is 83.2 Å². The van der Waals surface area contributed by atoms with Crippen LogP contribution in [0.4, 0.5) is 0 Å². The van der Waals surface area contributed by atoms with E-state index in [1.807, 2.05) is 31.2 Å². The second-order valence-electron chi connectivity index (χ2n) is 2.54. The van der Waals surface area contributed by atoms with E-state index in [0.717, 1.165) is 5.69 Å². The predicted molar refractivity (Wildman–Crippen MR) is 53.7 cm³/mol. The van der Waals surface area contributed by atoms with Crippen LogP contribution in [0.3, 0.4) is 0 Å². The zero-order valence-electron chi connectivity index (χ0n) is 7.53. The minimum absolute atomic E-state index is 0.505. The summed E-state index contributed by atoms with van der Waals surface area (Å²) in [4.78, 5) is 4.09. The third-order valence-electron chi connectivity index (χ3n) is 1.47. The largest absolute Gasteiger partial charge is 0.371 e. The fourth-order valence-electron chi connectivity index (χ4n) is 0.858. The van der Waals surface area contributed by atoms with Crippen LogP contribution >= 0.6 is 11.6 Å². The minimum atomic E-state index is 0.505. The first-order chi connectivity index (χ1) is 6.33.